The van der Waals surface area contributed by atoms with Crippen LogP contribution in [0.25, 0.3) is 0 Å². The Morgan fingerprint density at radius 2 is 1.70 bits per heavy atom. The number of carbonyl (C=O) groups is 1. The Labute approximate surface area is 212 Å². The number of amides is 1. The molecule has 0 fully saturated rings. The van der Waals surface area contributed by atoms with Crippen LogP contribution in [0.5, 0.6) is 0 Å². The first-order valence-electron chi connectivity index (χ1n) is 11.1. The smallest absolute Gasteiger partial charge is 0.223 e. The second-order valence-electron chi connectivity index (χ2n) is 7.95. The van der Waals surface area contributed by atoms with Gasteiger partial charge in [-0.05, 0) is 34.7 Å². The average Bonchev–Trinajstić information content (AvgIpc) is 3.49. The van der Waals surface area contributed by atoms with Gasteiger partial charge >= 0.3 is 0 Å². The number of fused-ring (bicyclic) bond motifs is 1. The average molecular weight is 558 g/mol. The van der Waals surface area contributed by atoms with Crippen LogP contribution in [0.15, 0.2) is 72.0 Å². The molecule has 7 nitrogen and oxygen atoms in total. The zero-order valence-corrected chi connectivity index (χ0v) is 21.2. The first-order valence-corrected chi connectivity index (χ1v) is 11.1. The fourth-order valence-electron chi connectivity index (χ4n) is 3.97. The molecule has 0 spiro atoms. The maximum Gasteiger partial charge on any atom is 0.223 e. The van der Waals surface area contributed by atoms with E-state index < -0.39 is 0 Å². The van der Waals surface area contributed by atoms with Crippen molar-refractivity contribution in [3.63, 3.8) is 0 Å². The van der Waals surface area contributed by atoms with Gasteiger partial charge < -0.3 is 15.5 Å². The van der Waals surface area contributed by atoms with Crippen LogP contribution in [0.3, 0.4) is 0 Å². The predicted octanol–water partition coefficient (Wildman–Crippen LogP) is 3.54. The summed E-state index contributed by atoms with van der Waals surface area (Å²) in [6.45, 7) is 3.55. The molecule has 0 atom stereocenters. The summed E-state index contributed by atoms with van der Waals surface area (Å²) in [5.74, 6) is 0.943. The van der Waals surface area contributed by atoms with Crippen LogP contribution >= 0.6 is 24.0 Å². The van der Waals surface area contributed by atoms with Crippen molar-refractivity contribution in [2.75, 3.05) is 13.6 Å². The molecular weight excluding hydrogens is 527 g/mol. The number of hydrogen-bond acceptors (Lipinski definition) is 3. The lowest BCUT2D eigenvalue weighted by Gasteiger charge is -2.16. The van der Waals surface area contributed by atoms with Crippen molar-refractivity contribution in [3.8, 4) is 0 Å². The highest BCUT2D eigenvalue weighted by molar-refractivity contribution is 14.0. The topological polar surface area (TPSA) is 74.6 Å². The monoisotopic (exact) mass is 558 g/mol. The fraction of sp³-hybridized carbons (Fsp3) is 0.320. The molecule has 1 aromatic heterocycles. The minimum Gasteiger partial charge on any atom is -0.356 e. The van der Waals surface area contributed by atoms with Crippen molar-refractivity contribution < 1.29 is 4.79 Å². The molecule has 1 amide bonds. The number of rotatable bonds is 8. The lowest BCUT2D eigenvalue weighted by Crippen LogP contribution is -2.38. The van der Waals surface area contributed by atoms with Crippen LogP contribution in [0.2, 0.25) is 0 Å². The number of nitrogens with zero attached hydrogens (tertiary/aromatic N) is 4. The van der Waals surface area contributed by atoms with Crippen molar-refractivity contribution in [3.05, 3.63) is 89.2 Å². The lowest BCUT2D eigenvalue weighted by atomic mass is 10.1. The highest BCUT2D eigenvalue weighted by atomic mass is 127. The molecule has 2 aromatic carbocycles. The van der Waals surface area contributed by atoms with E-state index in [0.717, 1.165) is 32.0 Å². The third-order valence-corrected chi connectivity index (χ3v) is 5.73. The maximum atomic E-state index is 12.6. The van der Waals surface area contributed by atoms with Crippen LogP contribution in [-0.4, -0.2) is 40.1 Å². The van der Waals surface area contributed by atoms with E-state index in [-0.39, 0.29) is 29.9 Å². The Bertz CT molecular complexity index is 1040. The first-order chi connectivity index (χ1) is 15.7. The third kappa shape index (κ3) is 6.80. The summed E-state index contributed by atoms with van der Waals surface area (Å²) in [6.07, 6.45) is 5.06. The minimum absolute atomic E-state index is 0. The summed E-state index contributed by atoms with van der Waals surface area (Å²) in [5, 5.41) is 11.0. The summed E-state index contributed by atoms with van der Waals surface area (Å²) in [5.41, 5.74) is 4.94. The van der Waals surface area contributed by atoms with Gasteiger partial charge in [-0.15, -0.1) is 24.0 Å². The second kappa shape index (κ2) is 12.4. The summed E-state index contributed by atoms with van der Waals surface area (Å²) in [6, 6.07) is 18.5. The number of carbonyl (C=O) groups excluding carboxylic acids is 1. The first kappa shape index (κ1) is 24.8. The van der Waals surface area contributed by atoms with Crippen molar-refractivity contribution in [1.82, 2.24) is 25.3 Å². The molecule has 1 aliphatic heterocycles. The van der Waals surface area contributed by atoms with E-state index in [4.69, 9.17) is 0 Å². The van der Waals surface area contributed by atoms with Gasteiger partial charge in [0.15, 0.2) is 5.96 Å². The Morgan fingerprint density at radius 1 is 1.00 bits per heavy atom. The predicted molar refractivity (Wildman–Crippen MR) is 141 cm³/mol. The van der Waals surface area contributed by atoms with Crippen molar-refractivity contribution in [1.29, 1.82) is 0 Å². The van der Waals surface area contributed by atoms with Crippen molar-refractivity contribution in [2.24, 2.45) is 4.99 Å². The van der Waals surface area contributed by atoms with Crippen LogP contribution in [-0.2, 0) is 31.0 Å². The molecule has 33 heavy (non-hydrogen) atoms. The number of halogens is 1. The van der Waals surface area contributed by atoms with E-state index in [0.29, 0.717) is 19.5 Å². The van der Waals surface area contributed by atoms with Gasteiger partial charge in [0.25, 0.3) is 0 Å². The standard InChI is InChI=1S/C25H30N6O.HI/c1-26-25(28-16-20-8-2-3-11-23(20)19-31-15-7-14-29-31)27-13-6-12-24(32)30-17-21-9-4-5-10-22(21)18-30;/h2-5,7-11,14-15H,6,12-13,16-19H2,1H3,(H2,26,27,28);1H. The Kier molecular flexibility index (Phi) is 9.29. The van der Waals surface area contributed by atoms with E-state index in [1.54, 1.807) is 13.2 Å². The summed E-state index contributed by atoms with van der Waals surface area (Å²) in [7, 11) is 1.76. The van der Waals surface area contributed by atoms with Crippen molar-refractivity contribution in [2.45, 2.75) is 39.0 Å². The molecule has 4 rings (SSSR count). The highest BCUT2D eigenvalue weighted by Gasteiger charge is 2.22. The molecule has 174 valence electrons. The molecule has 0 unspecified atom stereocenters. The summed E-state index contributed by atoms with van der Waals surface area (Å²) < 4.78 is 1.92. The van der Waals surface area contributed by atoms with E-state index in [1.807, 2.05) is 46.1 Å². The molecule has 1 aliphatic rings. The Balaban J connectivity index is 0.00000306. The van der Waals surface area contributed by atoms with E-state index in [1.165, 1.54) is 22.3 Å². The van der Waals surface area contributed by atoms with E-state index in [2.05, 4.69) is 45.0 Å². The Morgan fingerprint density at radius 3 is 2.36 bits per heavy atom. The molecule has 0 saturated heterocycles. The van der Waals surface area contributed by atoms with Gasteiger partial charge in [0.05, 0.1) is 6.54 Å². The van der Waals surface area contributed by atoms with Gasteiger partial charge in [0.1, 0.15) is 0 Å². The molecular formula is C25H31IN6O. The summed E-state index contributed by atoms with van der Waals surface area (Å²) >= 11 is 0. The number of hydrogen-bond donors (Lipinski definition) is 2. The number of guanidine groups is 1. The lowest BCUT2D eigenvalue weighted by molar-refractivity contribution is -0.131. The molecule has 0 saturated carbocycles. The quantitative estimate of drug-likeness (QED) is 0.192. The largest absolute Gasteiger partial charge is 0.356 e. The molecule has 2 N–H and O–H groups in total. The van der Waals surface area contributed by atoms with Gasteiger partial charge in [-0.2, -0.15) is 5.10 Å². The molecule has 2 heterocycles. The number of nitrogens with one attached hydrogen (secondary N) is 2. The van der Waals surface area contributed by atoms with Gasteiger partial charge in [-0.25, -0.2) is 0 Å². The number of aromatic nitrogens is 2. The molecule has 0 aliphatic carbocycles. The van der Waals surface area contributed by atoms with Crippen LogP contribution in [0.1, 0.15) is 35.1 Å². The normalized spacial score (nSPS) is 12.8. The molecule has 0 radical (unpaired) electrons. The van der Waals surface area contributed by atoms with Gasteiger partial charge in [0.2, 0.25) is 5.91 Å². The zero-order valence-electron chi connectivity index (χ0n) is 18.9. The minimum atomic E-state index is 0. The SMILES string of the molecule is CN=C(NCCCC(=O)N1Cc2ccccc2C1)NCc1ccccc1Cn1cccn1.I. The zero-order chi connectivity index (χ0) is 22.2. The molecule has 3 aromatic rings. The Hall–Kier alpha value is -2.88. The molecule has 8 heteroatoms. The van der Waals surface area contributed by atoms with E-state index in [9.17, 15) is 4.79 Å². The van der Waals surface area contributed by atoms with Gasteiger partial charge in [-0.1, -0.05) is 48.5 Å². The second-order valence-corrected chi connectivity index (χ2v) is 7.95. The number of aliphatic imine (C=N–C) groups is 1. The van der Waals surface area contributed by atoms with Gasteiger partial charge in [0, 0.05) is 52.0 Å². The fourth-order valence-corrected chi connectivity index (χ4v) is 3.97. The summed E-state index contributed by atoms with van der Waals surface area (Å²) in [4.78, 5) is 18.8. The van der Waals surface area contributed by atoms with Crippen LogP contribution in [0.4, 0.5) is 0 Å². The number of benzene rings is 2. The van der Waals surface area contributed by atoms with E-state index >= 15 is 0 Å². The van der Waals surface area contributed by atoms with Crippen LogP contribution in [0, 0.1) is 0 Å². The third-order valence-electron chi connectivity index (χ3n) is 5.73. The maximum absolute atomic E-state index is 12.6. The molecule has 0 bridgehead atoms. The highest BCUT2D eigenvalue weighted by Crippen LogP contribution is 2.22. The van der Waals surface area contributed by atoms with Crippen molar-refractivity contribution >= 4 is 35.8 Å². The van der Waals surface area contributed by atoms with Gasteiger partial charge in [-0.3, -0.25) is 14.5 Å². The van der Waals surface area contributed by atoms with Crippen LogP contribution < -0.4 is 10.6 Å².